The second kappa shape index (κ2) is 5.87. The van der Waals surface area contributed by atoms with Crippen LogP contribution in [0.5, 0.6) is 0 Å². The Hall–Kier alpha value is -1.86. The number of benzene rings is 1. The number of nitrogens with zero attached hydrogens (tertiary/aromatic N) is 1. The Kier molecular flexibility index (Phi) is 3.94. The van der Waals surface area contributed by atoms with Crippen molar-refractivity contribution in [1.29, 1.82) is 5.26 Å². The highest BCUT2D eigenvalue weighted by atomic mass is 16.2. The van der Waals surface area contributed by atoms with Crippen LogP contribution in [-0.4, -0.2) is 24.5 Å². The van der Waals surface area contributed by atoms with E-state index in [1.165, 1.54) is 0 Å². The number of carbonyl (C=O) groups excluding carboxylic acids is 1. The number of hydrogen-bond donors (Lipinski definition) is 2. The first-order valence-electron chi connectivity index (χ1n) is 7.74. The van der Waals surface area contributed by atoms with Gasteiger partial charge >= 0.3 is 0 Å². The summed E-state index contributed by atoms with van der Waals surface area (Å²) >= 11 is 0. The predicted octanol–water partition coefficient (Wildman–Crippen LogP) is 1.87. The van der Waals surface area contributed by atoms with Gasteiger partial charge in [0.05, 0.1) is 17.5 Å². The van der Waals surface area contributed by atoms with Gasteiger partial charge in [-0.05, 0) is 37.7 Å². The third-order valence-electron chi connectivity index (χ3n) is 4.70. The molecule has 1 unspecified atom stereocenters. The van der Waals surface area contributed by atoms with Crippen molar-refractivity contribution < 1.29 is 4.79 Å². The average Bonchev–Trinajstić information content (AvgIpc) is 2.68. The van der Waals surface area contributed by atoms with E-state index in [1.807, 2.05) is 30.3 Å². The van der Waals surface area contributed by atoms with Gasteiger partial charge in [0.2, 0.25) is 5.91 Å². The van der Waals surface area contributed by atoms with E-state index in [9.17, 15) is 10.1 Å². The number of amides is 1. The van der Waals surface area contributed by atoms with Gasteiger partial charge in [-0.25, -0.2) is 0 Å². The molecule has 0 radical (unpaired) electrons. The summed E-state index contributed by atoms with van der Waals surface area (Å²) in [5.41, 5.74) is 0.719. The summed E-state index contributed by atoms with van der Waals surface area (Å²) in [4.78, 5) is 12.0. The van der Waals surface area contributed by atoms with Crippen LogP contribution in [0.1, 0.15) is 37.7 Å². The highest BCUT2D eigenvalue weighted by molar-refractivity contribution is 5.82. The van der Waals surface area contributed by atoms with E-state index in [0.717, 1.165) is 44.2 Å². The van der Waals surface area contributed by atoms with Crippen LogP contribution in [-0.2, 0) is 10.2 Å². The van der Waals surface area contributed by atoms with Crippen molar-refractivity contribution in [2.24, 2.45) is 0 Å². The van der Waals surface area contributed by atoms with E-state index in [-0.39, 0.29) is 23.4 Å². The zero-order valence-corrected chi connectivity index (χ0v) is 12.1. The second-order valence-electron chi connectivity index (χ2n) is 6.17. The highest BCUT2D eigenvalue weighted by Crippen LogP contribution is 2.43. The molecule has 2 aliphatic rings. The molecule has 1 amide bonds. The lowest BCUT2D eigenvalue weighted by atomic mass is 9.62. The molecule has 1 aromatic rings. The summed E-state index contributed by atoms with van der Waals surface area (Å²) < 4.78 is 0. The molecule has 1 saturated carbocycles. The third-order valence-corrected chi connectivity index (χ3v) is 4.70. The predicted molar refractivity (Wildman–Crippen MR) is 80.5 cm³/mol. The Bertz CT molecular complexity index is 543. The van der Waals surface area contributed by atoms with Crippen molar-refractivity contribution in [1.82, 2.24) is 10.6 Å². The molecule has 1 heterocycles. The average molecular weight is 283 g/mol. The quantitative estimate of drug-likeness (QED) is 0.890. The molecule has 110 valence electrons. The van der Waals surface area contributed by atoms with Crippen molar-refractivity contribution in [3.05, 3.63) is 35.9 Å². The Balaban J connectivity index is 1.62. The van der Waals surface area contributed by atoms with Crippen molar-refractivity contribution in [2.45, 2.75) is 49.6 Å². The normalized spacial score (nSPS) is 32.4. The fourth-order valence-corrected chi connectivity index (χ4v) is 3.43. The van der Waals surface area contributed by atoms with Gasteiger partial charge in [-0.2, -0.15) is 5.26 Å². The molecule has 2 fully saturated rings. The topological polar surface area (TPSA) is 64.9 Å². The standard InChI is InChI=1S/C17H21N3O/c18-12-17(13-6-2-1-3-7-13)10-14(11-17)20-15-8-4-5-9-19-16(15)21/h1-3,6-7,14-15,20H,4-5,8-11H2,(H,19,21). The minimum atomic E-state index is -0.375. The van der Waals surface area contributed by atoms with Crippen molar-refractivity contribution >= 4 is 5.91 Å². The van der Waals surface area contributed by atoms with E-state index in [0.29, 0.717) is 0 Å². The van der Waals surface area contributed by atoms with Crippen LogP contribution in [0.2, 0.25) is 0 Å². The van der Waals surface area contributed by atoms with Crippen LogP contribution >= 0.6 is 0 Å². The first kappa shape index (κ1) is 14.1. The van der Waals surface area contributed by atoms with Crippen molar-refractivity contribution in [3.8, 4) is 6.07 Å². The van der Waals surface area contributed by atoms with Gasteiger partial charge in [0.15, 0.2) is 0 Å². The van der Waals surface area contributed by atoms with Crippen molar-refractivity contribution in [3.63, 3.8) is 0 Å². The Morgan fingerprint density at radius 2 is 2.00 bits per heavy atom. The molecular formula is C17H21N3O. The van der Waals surface area contributed by atoms with Gasteiger partial charge in [-0.15, -0.1) is 0 Å². The molecule has 0 spiro atoms. The van der Waals surface area contributed by atoms with Gasteiger partial charge < -0.3 is 10.6 Å². The second-order valence-corrected chi connectivity index (χ2v) is 6.17. The van der Waals surface area contributed by atoms with E-state index in [4.69, 9.17) is 0 Å². The SMILES string of the molecule is N#CC1(c2ccccc2)CC(NC2CCCCNC2=O)C1. The Morgan fingerprint density at radius 1 is 1.24 bits per heavy atom. The molecule has 1 aromatic carbocycles. The molecule has 0 aromatic heterocycles. The lowest BCUT2D eigenvalue weighted by Crippen LogP contribution is -2.56. The minimum Gasteiger partial charge on any atom is -0.355 e. The first-order chi connectivity index (χ1) is 10.2. The summed E-state index contributed by atoms with van der Waals surface area (Å²) in [5, 5.41) is 15.9. The minimum absolute atomic E-state index is 0.0926. The van der Waals surface area contributed by atoms with E-state index in [1.54, 1.807) is 0 Å². The maximum Gasteiger partial charge on any atom is 0.237 e. The first-order valence-corrected chi connectivity index (χ1v) is 7.74. The van der Waals surface area contributed by atoms with Gasteiger partial charge in [-0.3, -0.25) is 4.79 Å². The lowest BCUT2D eigenvalue weighted by molar-refractivity contribution is -0.123. The fraction of sp³-hybridized carbons (Fsp3) is 0.529. The maximum atomic E-state index is 12.0. The zero-order valence-electron chi connectivity index (χ0n) is 12.1. The van der Waals surface area contributed by atoms with E-state index >= 15 is 0 Å². The molecule has 3 rings (SSSR count). The van der Waals surface area contributed by atoms with Crippen LogP contribution in [0.15, 0.2) is 30.3 Å². The number of carbonyl (C=O) groups is 1. The summed E-state index contributed by atoms with van der Waals surface area (Å²) in [5.74, 6) is 0.113. The summed E-state index contributed by atoms with van der Waals surface area (Å²) in [6, 6.07) is 12.6. The molecule has 1 aliphatic carbocycles. The van der Waals surface area contributed by atoms with Crippen molar-refractivity contribution in [2.75, 3.05) is 6.54 Å². The third kappa shape index (κ3) is 2.79. The van der Waals surface area contributed by atoms with Crippen LogP contribution < -0.4 is 10.6 Å². The molecule has 1 saturated heterocycles. The van der Waals surface area contributed by atoms with Gasteiger partial charge in [0.25, 0.3) is 0 Å². The Morgan fingerprint density at radius 3 is 2.71 bits per heavy atom. The van der Waals surface area contributed by atoms with Gasteiger partial charge in [0, 0.05) is 12.6 Å². The fourth-order valence-electron chi connectivity index (χ4n) is 3.43. The number of nitrogens with one attached hydrogen (secondary N) is 2. The largest absolute Gasteiger partial charge is 0.355 e. The molecular weight excluding hydrogens is 262 g/mol. The summed E-state index contributed by atoms with van der Waals surface area (Å²) in [6.07, 6.45) is 4.60. The smallest absolute Gasteiger partial charge is 0.237 e. The monoisotopic (exact) mass is 283 g/mol. The molecule has 21 heavy (non-hydrogen) atoms. The molecule has 0 bridgehead atoms. The van der Waals surface area contributed by atoms with Gasteiger partial charge in [0.1, 0.15) is 0 Å². The molecule has 1 atom stereocenters. The van der Waals surface area contributed by atoms with Crippen LogP contribution in [0.4, 0.5) is 0 Å². The van der Waals surface area contributed by atoms with Crippen LogP contribution in [0.3, 0.4) is 0 Å². The van der Waals surface area contributed by atoms with Crippen LogP contribution in [0.25, 0.3) is 0 Å². The van der Waals surface area contributed by atoms with Crippen LogP contribution in [0, 0.1) is 11.3 Å². The molecule has 4 heteroatoms. The zero-order chi connectivity index (χ0) is 14.7. The van der Waals surface area contributed by atoms with Gasteiger partial charge in [-0.1, -0.05) is 30.3 Å². The maximum absolute atomic E-state index is 12.0. The number of nitriles is 1. The molecule has 1 aliphatic heterocycles. The van der Waals surface area contributed by atoms with E-state index < -0.39 is 0 Å². The summed E-state index contributed by atoms with van der Waals surface area (Å²) in [6.45, 7) is 0.786. The lowest BCUT2D eigenvalue weighted by Gasteiger charge is -2.44. The Labute approximate surface area is 125 Å². The highest BCUT2D eigenvalue weighted by Gasteiger charge is 2.46. The number of rotatable bonds is 3. The summed E-state index contributed by atoms with van der Waals surface area (Å²) in [7, 11) is 0. The molecule has 4 nitrogen and oxygen atoms in total. The molecule has 2 N–H and O–H groups in total. The van der Waals surface area contributed by atoms with E-state index in [2.05, 4.69) is 16.7 Å². The number of hydrogen-bond acceptors (Lipinski definition) is 3.